The van der Waals surface area contributed by atoms with Crippen molar-refractivity contribution in [2.75, 3.05) is 13.1 Å². The Morgan fingerprint density at radius 1 is 1.32 bits per heavy atom. The molecular formula is C13H20BrFIN3. The van der Waals surface area contributed by atoms with Crippen molar-refractivity contribution in [1.82, 2.24) is 10.6 Å². The average molecular weight is 444 g/mol. The van der Waals surface area contributed by atoms with Crippen molar-refractivity contribution in [1.29, 1.82) is 0 Å². The van der Waals surface area contributed by atoms with Gasteiger partial charge in [-0.05, 0) is 37.1 Å². The SMILES string of the molecule is CCCNC(=NCc1cc(F)ccc1Br)NCC.I. The van der Waals surface area contributed by atoms with E-state index in [1.165, 1.54) is 12.1 Å². The van der Waals surface area contributed by atoms with Gasteiger partial charge < -0.3 is 10.6 Å². The summed E-state index contributed by atoms with van der Waals surface area (Å²) >= 11 is 3.40. The van der Waals surface area contributed by atoms with E-state index in [-0.39, 0.29) is 29.8 Å². The van der Waals surface area contributed by atoms with E-state index in [0.29, 0.717) is 6.54 Å². The first-order valence-electron chi connectivity index (χ1n) is 6.13. The molecule has 3 nitrogen and oxygen atoms in total. The van der Waals surface area contributed by atoms with Gasteiger partial charge in [0.1, 0.15) is 5.82 Å². The van der Waals surface area contributed by atoms with E-state index >= 15 is 0 Å². The van der Waals surface area contributed by atoms with Crippen LogP contribution in [0.15, 0.2) is 27.7 Å². The number of hydrogen-bond donors (Lipinski definition) is 2. The molecule has 0 fully saturated rings. The maximum Gasteiger partial charge on any atom is 0.191 e. The van der Waals surface area contributed by atoms with Crippen LogP contribution in [0.2, 0.25) is 0 Å². The highest BCUT2D eigenvalue weighted by Crippen LogP contribution is 2.18. The molecule has 6 heteroatoms. The number of nitrogens with one attached hydrogen (secondary N) is 2. The largest absolute Gasteiger partial charge is 0.357 e. The minimum Gasteiger partial charge on any atom is -0.357 e. The molecular weight excluding hydrogens is 424 g/mol. The summed E-state index contributed by atoms with van der Waals surface area (Å²) in [7, 11) is 0. The maximum atomic E-state index is 13.1. The second kappa shape index (κ2) is 10.4. The molecule has 1 aromatic carbocycles. The third kappa shape index (κ3) is 7.10. The van der Waals surface area contributed by atoms with E-state index in [2.05, 4.69) is 38.5 Å². The Labute approximate surface area is 139 Å². The standard InChI is InChI=1S/C13H19BrFN3.HI/c1-3-7-17-13(16-4-2)18-9-10-8-11(15)5-6-12(10)14;/h5-6,8H,3-4,7,9H2,1-2H3,(H2,16,17,18);1H. The number of rotatable bonds is 5. The van der Waals surface area contributed by atoms with Crippen molar-refractivity contribution in [3.8, 4) is 0 Å². The second-order valence-electron chi connectivity index (χ2n) is 3.86. The number of benzene rings is 1. The molecule has 108 valence electrons. The molecule has 0 aliphatic carbocycles. The van der Waals surface area contributed by atoms with Gasteiger partial charge in [-0.2, -0.15) is 0 Å². The molecule has 2 N–H and O–H groups in total. The van der Waals surface area contributed by atoms with E-state index in [0.717, 1.165) is 35.5 Å². The quantitative estimate of drug-likeness (QED) is 0.413. The fraction of sp³-hybridized carbons (Fsp3) is 0.462. The molecule has 0 aliphatic heterocycles. The lowest BCUT2D eigenvalue weighted by atomic mass is 10.2. The van der Waals surface area contributed by atoms with Crippen LogP contribution < -0.4 is 10.6 Å². The molecule has 0 atom stereocenters. The first-order chi connectivity index (χ1) is 8.67. The highest BCUT2D eigenvalue weighted by atomic mass is 127. The Kier molecular flexibility index (Phi) is 10.2. The molecule has 0 spiro atoms. The smallest absolute Gasteiger partial charge is 0.191 e. The first kappa shape index (κ1) is 18.6. The number of aliphatic imine (C=N–C) groups is 1. The van der Waals surface area contributed by atoms with Gasteiger partial charge in [-0.15, -0.1) is 24.0 Å². The predicted molar refractivity (Wildman–Crippen MR) is 92.6 cm³/mol. The number of hydrogen-bond acceptors (Lipinski definition) is 1. The molecule has 0 radical (unpaired) electrons. The third-order valence-corrected chi connectivity index (χ3v) is 3.08. The van der Waals surface area contributed by atoms with Crippen molar-refractivity contribution in [3.63, 3.8) is 0 Å². The molecule has 0 aromatic heterocycles. The van der Waals surface area contributed by atoms with Crippen LogP contribution in [0.1, 0.15) is 25.8 Å². The number of guanidine groups is 1. The average Bonchev–Trinajstić information content (AvgIpc) is 2.36. The minimum absolute atomic E-state index is 0. The summed E-state index contributed by atoms with van der Waals surface area (Å²) < 4.78 is 14.0. The van der Waals surface area contributed by atoms with Crippen LogP contribution in [0.5, 0.6) is 0 Å². The van der Waals surface area contributed by atoms with Crippen molar-refractivity contribution in [3.05, 3.63) is 34.1 Å². The number of nitrogens with zero attached hydrogens (tertiary/aromatic N) is 1. The molecule has 0 amide bonds. The van der Waals surface area contributed by atoms with Gasteiger partial charge in [0, 0.05) is 17.6 Å². The lowest BCUT2D eigenvalue weighted by Gasteiger charge is -2.10. The predicted octanol–water partition coefficient (Wildman–Crippen LogP) is 3.67. The molecule has 0 heterocycles. The van der Waals surface area contributed by atoms with Crippen LogP contribution in [0.3, 0.4) is 0 Å². The summed E-state index contributed by atoms with van der Waals surface area (Å²) in [4.78, 5) is 4.42. The molecule has 19 heavy (non-hydrogen) atoms. The highest BCUT2D eigenvalue weighted by molar-refractivity contribution is 14.0. The van der Waals surface area contributed by atoms with Crippen molar-refractivity contribution in [2.24, 2.45) is 4.99 Å². The van der Waals surface area contributed by atoms with Gasteiger partial charge in [0.25, 0.3) is 0 Å². The lowest BCUT2D eigenvalue weighted by Crippen LogP contribution is -2.37. The van der Waals surface area contributed by atoms with Crippen LogP contribution in [0.4, 0.5) is 4.39 Å². The van der Waals surface area contributed by atoms with Gasteiger partial charge in [0.2, 0.25) is 0 Å². The zero-order chi connectivity index (χ0) is 13.4. The van der Waals surface area contributed by atoms with Crippen molar-refractivity contribution >= 4 is 45.9 Å². The monoisotopic (exact) mass is 443 g/mol. The van der Waals surface area contributed by atoms with Gasteiger partial charge in [-0.3, -0.25) is 0 Å². The molecule has 0 saturated heterocycles. The number of halogens is 3. The van der Waals surface area contributed by atoms with E-state index in [4.69, 9.17) is 0 Å². The molecule has 0 aliphatic rings. The third-order valence-electron chi connectivity index (χ3n) is 2.30. The summed E-state index contributed by atoms with van der Waals surface area (Å²) in [6.45, 7) is 6.23. The van der Waals surface area contributed by atoms with Crippen LogP contribution in [-0.4, -0.2) is 19.0 Å². The van der Waals surface area contributed by atoms with E-state index in [1.807, 2.05) is 6.92 Å². The summed E-state index contributed by atoms with van der Waals surface area (Å²) in [6.07, 6.45) is 1.04. The fourth-order valence-electron chi connectivity index (χ4n) is 1.41. The van der Waals surface area contributed by atoms with Gasteiger partial charge in [-0.25, -0.2) is 9.38 Å². The zero-order valence-electron chi connectivity index (χ0n) is 11.2. The summed E-state index contributed by atoms with van der Waals surface area (Å²) in [6, 6.07) is 4.63. The molecule has 1 rings (SSSR count). The first-order valence-corrected chi connectivity index (χ1v) is 6.92. The second-order valence-corrected chi connectivity index (χ2v) is 4.71. The molecule has 0 bridgehead atoms. The summed E-state index contributed by atoms with van der Waals surface area (Å²) in [5.41, 5.74) is 0.837. The topological polar surface area (TPSA) is 36.4 Å². The summed E-state index contributed by atoms with van der Waals surface area (Å²) in [5, 5.41) is 6.36. The van der Waals surface area contributed by atoms with Crippen molar-refractivity contribution in [2.45, 2.75) is 26.8 Å². The molecule has 1 aromatic rings. The van der Waals surface area contributed by atoms with Gasteiger partial charge in [0.15, 0.2) is 5.96 Å². The highest BCUT2D eigenvalue weighted by Gasteiger charge is 2.02. The minimum atomic E-state index is -0.241. The van der Waals surface area contributed by atoms with Gasteiger partial charge >= 0.3 is 0 Å². The van der Waals surface area contributed by atoms with Crippen LogP contribution >= 0.6 is 39.9 Å². The van der Waals surface area contributed by atoms with E-state index in [9.17, 15) is 4.39 Å². The van der Waals surface area contributed by atoms with Gasteiger partial charge in [-0.1, -0.05) is 22.9 Å². The van der Waals surface area contributed by atoms with Crippen LogP contribution in [0, 0.1) is 5.82 Å². The Balaban J connectivity index is 0.00000324. The van der Waals surface area contributed by atoms with Crippen LogP contribution in [0.25, 0.3) is 0 Å². The Morgan fingerprint density at radius 3 is 2.68 bits per heavy atom. The zero-order valence-corrected chi connectivity index (χ0v) is 15.1. The summed E-state index contributed by atoms with van der Waals surface area (Å²) in [5.74, 6) is 0.519. The van der Waals surface area contributed by atoms with Crippen LogP contribution in [-0.2, 0) is 6.54 Å². The normalized spacial score (nSPS) is 10.8. The van der Waals surface area contributed by atoms with Crippen molar-refractivity contribution < 1.29 is 4.39 Å². The Bertz CT molecular complexity index is 413. The van der Waals surface area contributed by atoms with E-state index in [1.54, 1.807) is 6.07 Å². The van der Waals surface area contributed by atoms with Gasteiger partial charge in [0.05, 0.1) is 6.54 Å². The van der Waals surface area contributed by atoms with E-state index < -0.39 is 0 Å². The lowest BCUT2D eigenvalue weighted by molar-refractivity contribution is 0.625. The Hall–Kier alpha value is -0.370. The fourth-order valence-corrected chi connectivity index (χ4v) is 1.79. The Morgan fingerprint density at radius 2 is 2.05 bits per heavy atom. The molecule has 0 saturated carbocycles. The molecule has 0 unspecified atom stereocenters. The maximum absolute atomic E-state index is 13.1.